The van der Waals surface area contributed by atoms with Crippen molar-refractivity contribution < 1.29 is 4.79 Å². The Morgan fingerprint density at radius 1 is 1.18 bits per heavy atom. The van der Waals surface area contributed by atoms with E-state index in [0.29, 0.717) is 23.7 Å². The lowest BCUT2D eigenvalue weighted by atomic mass is 9.51. The number of halogens is 1. The second-order valence-electron chi connectivity index (χ2n) is 6.52. The highest BCUT2D eigenvalue weighted by Gasteiger charge is 2.50. The van der Waals surface area contributed by atoms with E-state index in [-0.39, 0.29) is 6.04 Å². The lowest BCUT2D eigenvalue weighted by Crippen LogP contribution is -2.52. The average Bonchev–Trinajstić information content (AvgIpc) is 2.27. The van der Waals surface area contributed by atoms with Crippen LogP contribution in [0.15, 0.2) is 0 Å². The van der Waals surface area contributed by atoms with Crippen molar-refractivity contribution in [2.45, 2.75) is 45.1 Å². The van der Waals surface area contributed by atoms with Gasteiger partial charge in [0.25, 0.3) is 0 Å². The topological polar surface area (TPSA) is 29.1 Å². The molecule has 0 aromatic carbocycles. The van der Waals surface area contributed by atoms with Crippen LogP contribution in [-0.2, 0) is 4.79 Å². The summed E-state index contributed by atoms with van der Waals surface area (Å²) in [6.07, 6.45) is 6.77. The molecule has 0 spiro atoms. The molecule has 1 atom stereocenters. The van der Waals surface area contributed by atoms with Crippen LogP contribution in [0.2, 0.25) is 0 Å². The Kier molecular flexibility index (Phi) is 3.22. The standard InChI is InChI=1S/C14H22BrNO/c1-8(7-15)16-14(17)13-11-3-9-2-10(5-11)6-12(13)4-9/h8-13H,2-7H2,1H3,(H,16,17). The molecule has 0 aromatic heterocycles. The van der Waals surface area contributed by atoms with Crippen LogP contribution in [-0.4, -0.2) is 17.3 Å². The van der Waals surface area contributed by atoms with Crippen LogP contribution >= 0.6 is 15.9 Å². The number of carbonyl (C=O) groups is 1. The van der Waals surface area contributed by atoms with Crippen molar-refractivity contribution in [1.29, 1.82) is 0 Å². The van der Waals surface area contributed by atoms with E-state index in [0.717, 1.165) is 17.2 Å². The molecular formula is C14H22BrNO. The highest BCUT2D eigenvalue weighted by molar-refractivity contribution is 9.09. The van der Waals surface area contributed by atoms with Crippen LogP contribution in [0.25, 0.3) is 0 Å². The van der Waals surface area contributed by atoms with Gasteiger partial charge in [0.2, 0.25) is 5.91 Å². The monoisotopic (exact) mass is 299 g/mol. The fourth-order valence-electron chi connectivity index (χ4n) is 4.73. The first-order chi connectivity index (χ1) is 8.17. The number of rotatable bonds is 3. The number of alkyl halides is 1. The highest BCUT2D eigenvalue weighted by Crippen LogP contribution is 2.56. The second kappa shape index (κ2) is 4.56. The van der Waals surface area contributed by atoms with Gasteiger partial charge >= 0.3 is 0 Å². The molecule has 1 N–H and O–H groups in total. The van der Waals surface area contributed by atoms with Gasteiger partial charge in [-0.3, -0.25) is 4.79 Å². The van der Waals surface area contributed by atoms with Gasteiger partial charge in [-0.15, -0.1) is 0 Å². The molecule has 3 heteroatoms. The van der Waals surface area contributed by atoms with Gasteiger partial charge in [0.05, 0.1) is 0 Å². The first-order valence-electron chi connectivity index (χ1n) is 7.03. The van der Waals surface area contributed by atoms with Crippen molar-refractivity contribution >= 4 is 21.8 Å². The Hall–Kier alpha value is -0.0500. The predicted molar refractivity (Wildman–Crippen MR) is 71.9 cm³/mol. The number of amides is 1. The maximum atomic E-state index is 12.4. The number of hydrogen-bond donors (Lipinski definition) is 1. The molecular weight excluding hydrogens is 278 g/mol. The minimum absolute atomic E-state index is 0.264. The van der Waals surface area contributed by atoms with Gasteiger partial charge in [0.1, 0.15) is 0 Å². The largest absolute Gasteiger partial charge is 0.353 e. The molecule has 2 nitrogen and oxygen atoms in total. The van der Waals surface area contributed by atoms with Crippen molar-refractivity contribution in [1.82, 2.24) is 5.32 Å². The maximum Gasteiger partial charge on any atom is 0.223 e. The van der Waals surface area contributed by atoms with Crippen LogP contribution in [0, 0.1) is 29.6 Å². The Bertz CT molecular complexity index is 289. The van der Waals surface area contributed by atoms with Crippen LogP contribution in [0.5, 0.6) is 0 Å². The van der Waals surface area contributed by atoms with E-state index >= 15 is 0 Å². The summed E-state index contributed by atoms with van der Waals surface area (Å²) in [5, 5.41) is 4.02. The molecule has 4 aliphatic carbocycles. The molecule has 0 saturated heterocycles. The van der Waals surface area contributed by atoms with E-state index in [2.05, 4.69) is 28.2 Å². The zero-order valence-corrected chi connectivity index (χ0v) is 12.1. The van der Waals surface area contributed by atoms with Gasteiger partial charge in [0.15, 0.2) is 0 Å². The van der Waals surface area contributed by atoms with Crippen molar-refractivity contribution in [3.8, 4) is 0 Å². The van der Waals surface area contributed by atoms with E-state index in [1.165, 1.54) is 32.1 Å². The summed E-state index contributed by atoms with van der Waals surface area (Å²) in [6.45, 7) is 2.07. The zero-order chi connectivity index (χ0) is 12.0. The van der Waals surface area contributed by atoms with Gasteiger partial charge in [-0.1, -0.05) is 15.9 Å². The van der Waals surface area contributed by atoms with Gasteiger partial charge in [-0.25, -0.2) is 0 Å². The van der Waals surface area contributed by atoms with Gasteiger partial charge in [-0.05, 0) is 62.7 Å². The zero-order valence-electron chi connectivity index (χ0n) is 10.5. The third kappa shape index (κ3) is 2.16. The molecule has 4 rings (SSSR count). The lowest BCUT2D eigenvalue weighted by Gasteiger charge is -2.53. The molecule has 96 valence electrons. The predicted octanol–water partition coefficient (Wildman–Crippen LogP) is 2.96. The van der Waals surface area contributed by atoms with Crippen molar-refractivity contribution in [2.24, 2.45) is 29.6 Å². The van der Waals surface area contributed by atoms with Crippen molar-refractivity contribution in [2.75, 3.05) is 5.33 Å². The Balaban J connectivity index is 1.69. The average molecular weight is 300 g/mol. The van der Waals surface area contributed by atoms with Crippen LogP contribution in [0.3, 0.4) is 0 Å². The smallest absolute Gasteiger partial charge is 0.223 e. The fourth-order valence-corrected chi connectivity index (χ4v) is 4.89. The molecule has 1 unspecified atom stereocenters. The van der Waals surface area contributed by atoms with Crippen LogP contribution in [0.4, 0.5) is 0 Å². The van der Waals surface area contributed by atoms with Gasteiger partial charge < -0.3 is 5.32 Å². The molecule has 4 fully saturated rings. The van der Waals surface area contributed by atoms with E-state index in [1.54, 1.807) is 0 Å². The summed E-state index contributed by atoms with van der Waals surface area (Å²) in [6, 6.07) is 0.264. The van der Waals surface area contributed by atoms with E-state index in [1.807, 2.05) is 0 Å². The van der Waals surface area contributed by atoms with E-state index in [4.69, 9.17) is 0 Å². The highest BCUT2D eigenvalue weighted by atomic mass is 79.9. The first-order valence-corrected chi connectivity index (χ1v) is 8.15. The number of carbonyl (C=O) groups excluding carboxylic acids is 1. The molecule has 0 radical (unpaired) electrons. The third-order valence-corrected chi connectivity index (χ3v) is 6.12. The molecule has 0 heterocycles. The Morgan fingerprint density at radius 3 is 2.18 bits per heavy atom. The number of hydrogen-bond acceptors (Lipinski definition) is 1. The third-order valence-electron chi connectivity index (χ3n) is 5.15. The Morgan fingerprint density at radius 2 is 1.71 bits per heavy atom. The summed E-state index contributed by atoms with van der Waals surface area (Å²) >= 11 is 3.43. The van der Waals surface area contributed by atoms with E-state index < -0.39 is 0 Å². The normalized spacial score (nSPS) is 44.7. The molecule has 1 amide bonds. The van der Waals surface area contributed by atoms with Crippen molar-refractivity contribution in [3.63, 3.8) is 0 Å². The first kappa shape index (κ1) is 12.0. The fraction of sp³-hybridized carbons (Fsp3) is 0.929. The molecule has 17 heavy (non-hydrogen) atoms. The van der Waals surface area contributed by atoms with Gasteiger partial charge in [0, 0.05) is 17.3 Å². The molecule has 4 bridgehead atoms. The summed E-state index contributed by atoms with van der Waals surface area (Å²) in [4.78, 5) is 12.4. The minimum Gasteiger partial charge on any atom is -0.353 e. The van der Waals surface area contributed by atoms with Crippen LogP contribution < -0.4 is 5.32 Å². The molecule has 0 aliphatic heterocycles. The van der Waals surface area contributed by atoms with Gasteiger partial charge in [-0.2, -0.15) is 0 Å². The molecule has 4 saturated carbocycles. The maximum absolute atomic E-state index is 12.4. The number of nitrogens with one attached hydrogen (secondary N) is 1. The summed E-state index contributed by atoms with van der Waals surface area (Å²) < 4.78 is 0. The quantitative estimate of drug-likeness (QED) is 0.798. The van der Waals surface area contributed by atoms with Crippen molar-refractivity contribution in [3.05, 3.63) is 0 Å². The van der Waals surface area contributed by atoms with Crippen LogP contribution in [0.1, 0.15) is 39.0 Å². The minimum atomic E-state index is 0.264. The lowest BCUT2D eigenvalue weighted by molar-refractivity contribution is -0.138. The SMILES string of the molecule is CC(CBr)NC(=O)C1C2CC3CC(C2)CC1C3. The summed E-state index contributed by atoms with van der Waals surface area (Å²) in [5.41, 5.74) is 0. The van der Waals surface area contributed by atoms with E-state index in [9.17, 15) is 4.79 Å². The Labute approximate surface area is 112 Å². The second-order valence-corrected chi connectivity index (χ2v) is 7.17. The summed E-state index contributed by atoms with van der Waals surface area (Å²) in [5.74, 6) is 3.99. The molecule has 0 aromatic rings. The molecule has 4 aliphatic rings. The summed E-state index contributed by atoms with van der Waals surface area (Å²) in [7, 11) is 0.